The summed E-state index contributed by atoms with van der Waals surface area (Å²) in [6.07, 6.45) is 0. The Morgan fingerprint density at radius 2 is 1.73 bits per heavy atom. The van der Waals surface area contributed by atoms with Crippen LogP contribution in [-0.4, -0.2) is 27.8 Å². The van der Waals surface area contributed by atoms with Crippen LogP contribution in [0.25, 0.3) is 0 Å². The van der Waals surface area contributed by atoms with E-state index in [2.05, 4.69) is 48.3 Å². The normalized spacial score (nSPS) is 14.5. The molecule has 0 saturated heterocycles. The first-order chi connectivity index (χ1) is 19.2. The number of nitrogens with zero attached hydrogens (tertiary/aromatic N) is 3. The van der Waals surface area contributed by atoms with Crippen molar-refractivity contribution < 1.29 is 18.7 Å². The number of nitrogens with one attached hydrogen (secondary N) is 1. The molecule has 0 spiro atoms. The van der Waals surface area contributed by atoms with E-state index in [9.17, 15) is 9.18 Å². The second-order valence-corrected chi connectivity index (χ2v) is 10.8. The first kappa shape index (κ1) is 27.5. The lowest BCUT2D eigenvalue weighted by Crippen LogP contribution is -2.29. The molecule has 1 aliphatic rings. The molecule has 0 aliphatic carbocycles. The predicted octanol–water partition coefficient (Wildman–Crippen LogP) is 6.68. The summed E-state index contributed by atoms with van der Waals surface area (Å²) in [6.45, 7) is 8.57. The number of benzene rings is 3. The Hall–Kier alpha value is -4.11. The summed E-state index contributed by atoms with van der Waals surface area (Å²) < 4.78 is 27.0. The molecule has 3 aromatic carbocycles. The molecule has 2 heterocycles. The van der Waals surface area contributed by atoms with Crippen molar-refractivity contribution in [2.75, 3.05) is 12.4 Å². The molecule has 7 nitrogen and oxygen atoms in total. The van der Waals surface area contributed by atoms with Crippen molar-refractivity contribution in [3.8, 4) is 5.75 Å². The average Bonchev–Trinajstić information content (AvgIpc) is 3.35. The number of carbonyl (C=O) groups excluding carboxylic acids is 1. The van der Waals surface area contributed by atoms with Crippen LogP contribution in [0.3, 0.4) is 0 Å². The molecule has 0 saturated carbocycles. The van der Waals surface area contributed by atoms with E-state index >= 15 is 0 Å². The van der Waals surface area contributed by atoms with Crippen molar-refractivity contribution in [3.05, 3.63) is 111 Å². The number of anilines is 1. The smallest absolute Gasteiger partial charge is 0.338 e. The number of methoxy groups -OCH3 is 1. The van der Waals surface area contributed by atoms with E-state index in [1.807, 2.05) is 31.2 Å². The van der Waals surface area contributed by atoms with E-state index < -0.39 is 12.0 Å². The molecule has 1 aromatic heterocycles. The number of hydrogen-bond donors (Lipinski definition) is 1. The van der Waals surface area contributed by atoms with Crippen LogP contribution in [0.1, 0.15) is 46.3 Å². The molecule has 4 aromatic rings. The van der Waals surface area contributed by atoms with Gasteiger partial charge in [0.1, 0.15) is 24.2 Å². The van der Waals surface area contributed by atoms with Crippen LogP contribution >= 0.6 is 11.8 Å². The van der Waals surface area contributed by atoms with Crippen LogP contribution in [0.15, 0.2) is 77.1 Å². The van der Waals surface area contributed by atoms with E-state index in [4.69, 9.17) is 9.47 Å². The quantitative estimate of drug-likeness (QED) is 0.191. The van der Waals surface area contributed by atoms with Crippen molar-refractivity contribution in [1.82, 2.24) is 14.8 Å². The van der Waals surface area contributed by atoms with Crippen molar-refractivity contribution in [3.63, 3.8) is 0 Å². The Balaban J connectivity index is 1.40. The summed E-state index contributed by atoms with van der Waals surface area (Å²) in [5.74, 6) is 0.869. The number of carbonyl (C=O) groups is 1. The summed E-state index contributed by atoms with van der Waals surface area (Å²) in [5, 5.41) is 8.33. The van der Waals surface area contributed by atoms with Gasteiger partial charge < -0.3 is 14.8 Å². The van der Waals surface area contributed by atoms with Crippen LogP contribution in [-0.2, 0) is 21.9 Å². The van der Waals surface area contributed by atoms with Gasteiger partial charge in [0.25, 0.3) is 0 Å². The monoisotopic (exact) mass is 558 g/mol. The number of fused-ring (bicyclic) bond motifs is 1. The molecule has 9 heteroatoms. The summed E-state index contributed by atoms with van der Waals surface area (Å²) in [5.41, 5.74) is 7.30. The molecule has 206 valence electrons. The van der Waals surface area contributed by atoms with Gasteiger partial charge in [-0.25, -0.2) is 13.9 Å². The zero-order valence-electron chi connectivity index (χ0n) is 23.1. The maximum atomic E-state index is 14.1. The molecule has 0 radical (unpaired) electrons. The van der Waals surface area contributed by atoms with Crippen molar-refractivity contribution in [2.24, 2.45) is 0 Å². The van der Waals surface area contributed by atoms with Gasteiger partial charge in [0.2, 0.25) is 11.1 Å². The van der Waals surface area contributed by atoms with E-state index in [0.717, 1.165) is 16.9 Å². The Kier molecular flexibility index (Phi) is 7.93. The van der Waals surface area contributed by atoms with Gasteiger partial charge in [-0.1, -0.05) is 54.2 Å². The lowest BCUT2D eigenvalue weighted by Gasteiger charge is -2.27. The minimum Gasteiger partial charge on any atom is -0.489 e. The molecule has 0 bridgehead atoms. The van der Waals surface area contributed by atoms with E-state index in [1.165, 1.54) is 41.6 Å². The second-order valence-electron chi connectivity index (χ2n) is 9.82. The predicted molar refractivity (Wildman–Crippen MR) is 154 cm³/mol. The number of allylic oxidation sites excluding steroid dienone is 1. The fourth-order valence-corrected chi connectivity index (χ4v) is 5.53. The molecule has 0 fully saturated rings. The second kappa shape index (κ2) is 11.6. The third kappa shape index (κ3) is 5.60. The van der Waals surface area contributed by atoms with Gasteiger partial charge in [0.05, 0.1) is 12.7 Å². The molecule has 40 heavy (non-hydrogen) atoms. The highest BCUT2D eigenvalue weighted by Gasteiger charge is 2.35. The molecule has 1 N–H and O–H groups in total. The third-order valence-corrected chi connectivity index (χ3v) is 7.98. The van der Waals surface area contributed by atoms with Crippen LogP contribution in [0.2, 0.25) is 0 Å². The van der Waals surface area contributed by atoms with Crippen molar-refractivity contribution in [1.29, 1.82) is 0 Å². The van der Waals surface area contributed by atoms with Crippen molar-refractivity contribution >= 4 is 23.7 Å². The van der Waals surface area contributed by atoms with Gasteiger partial charge >= 0.3 is 5.97 Å². The highest BCUT2D eigenvalue weighted by molar-refractivity contribution is 7.98. The van der Waals surface area contributed by atoms with E-state index in [1.54, 1.807) is 22.9 Å². The molecule has 1 atom stereocenters. The number of esters is 1. The number of ether oxygens (including phenoxy) is 2. The van der Waals surface area contributed by atoms with Gasteiger partial charge in [-0.05, 0) is 79.3 Å². The third-order valence-electron chi connectivity index (χ3n) is 7.10. The zero-order valence-corrected chi connectivity index (χ0v) is 23.9. The molecular weight excluding hydrogens is 527 g/mol. The van der Waals surface area contributed by atoms with Gasteiger partial charge in [-0.3, -0.25) is 0 Å². The van der Waals surface area contributed by atoms with Crippen LogP contribution in [0, 0.1) is 26.6 Å². The zero-order chi connectivity index (χ0) is 28.4. The summed E-state index contributed by atoms with van der Waals surface area (Å²) >= 11 is 1.33. The number of halogens is 1. The number of hydrogen-bond acceptors (Lipinski definition) is 7. The minimum atomic E-state index is -0.560. The number of rotatable bonds is 8. The number of thioether (sulfide) groups is 1. The standard InChI is InChI=1S/C31H31FN4O3S/c1-18-14-20(3)24(15-19(18)2)16-39-25-12-10-22(11-13-25)28-27(29(37)38-5)21(4)33-30-34-31(35-36(28)30)40-17-23-8-6-7-9-26(23)32/h6-15,28H,16-17H2,1-5H3,(H,33,34,35). The van der Waals surface area contributed by atoms with E-state index in [0.29, 0.717) is 40.3 Å². The Labute approximate surface area is 237 Å². The maximum absolute atomic E-state index is 14.1. The molecule has 1 aliphatic heterocycles. The van der Waals surface area contributed by atoms with Gasteiger partial charge in [-0.2, -0.15) is 4.98 Å². The Bertz CT molecular complexity index is 1600. The van der Waals surface area contributed by atoms with Crippen molar-refractivity contribution in [2.45, 2.75) is 51.3 Å². The summed E-state index contributed by atoms with van der Waals surface area (Å²) in [4.78, 5) is 17.5. The highest BCUT2D eigenvalue weighted by Crippen LogP contribution is 2.37. The fourth-order valence-electron chi connectivity index (χ4n) is 4.72. The summed E-state index contributed by atoms with van der Waals surface area (Å²) in [6, 6.07) is 18.0. The van der Waals surface area contributed by atoms with E-state index in [-0.39, 0.29) is 5.82 Å². The topological polar surface area (TPSA) is 78.3 Å². The van der Waals surface area contributed by atoms with Crippen LogP contribution < -0.4 is 10.1 Å². The van der Waals surface area contributed by atoms with Gasteiger partial charge in [0.15, 0.2) is 0 Å². The maximum Gasteiger partial charge on any atom is 0.338 e. The average molecular weight is 559 g/mol. The Morgan fingerprint density at radius 3 is 2.45 bits per heavy atom. The molecule has 5 rings (SSSR count). The lowest BCUT2D eigenvalue weighted by atomic mass is 9.96. The molecular formula is C31H31FN4O3S. The van der Waals surface area contributed by atoms with Gasteiger partial charge in [-0.15, -0.1) is 5.10 Å². The highest BCUT2D eigenvalue weighted by atomic mass is 32.2. The molecule has 1 unspecified atom stereocenters. The first-order valence-electron chi connectivity index (χ1n) is 12.9. The Morgan fingerprint density at radius 1 is 1.00 bits per heavy atom. The largest absolute Gasteiger partial charge is 0.489 e. The van der Waals surface area contributed by atoms with Gasteiger partial charge in [0, 0.05) is 11.4 Å². The first-order valence-corrected chi connectivity index (χ1v) is 13.9. The summed E-state index contributed by atoms with van der Waals surface area (Å²) in [7, 11) is 1.36. The molecule has 0 amide bonds. The fraction of sp³-hybridized carbons (Fsp3) is 0.258. The number of aromatic nitrogens is 3. The van der Waals surface area contributed by atoms with Crippen LogP contribution in [0.4, 0.5) is 10.3 Å². The minimum absolute atomic E-state index is 0.268. The SMILES string of the molecule is COC(=O)C1=C(C)Nc2nc(SCc3ccccc3F)nn2C1c1ccc(OCc2cc(C)c(C)cc2C)cc1. The van der Waals surface area contributed by atoms with Crippen LogP contribution in [0.5, 0.6) is 5.75 Å². The number of aryl methyl sites for hydroxylation is 3. The lowest BCUT2D eigenvalue weighted by molar-refractivity contribution is -0.136.